The molecule has 0 saturated carbocycles. The average Bonchev–Trinajstić information content (AvgIpc) is 2.72. The molecule has 0 aliphatic rings. The lowest BCUT2D eigenvalue weighted by atomic mass is 10.1. The van der Waals surface area contributed by atoms with E-state index in [9.17, 15) is 18.4 Å². The first-order valence-corrected chi connectivity index (χ1v) is 8.70. The number of anilines is 1. The van der Waals surface area contributed by atoms with Gasteiger partial charge in [-0.25, -0.2) is 14.2 Å². The molecule has 0 radical (unpaired) electrons. The fourth-order valence-corrected chi connectivity index (χ4v) is 2.55. The molecule has 3 rings (SSSR count). The summed E-state index contributed by atoms with van der Waals surface area (Å²) in [4.78, 5) is 24.3. The summed E-state index contributed by atoms with van der Waals surface area (Å²) < 4.78 is 26.5. The quantitative estimate of drug-likeness (QED) is 0.499. The number of nitrogens with zero attached hydrogens (tertiary/aromatic N) is 1. The molecule has 0 aliphatic heterocycles. The first-order valence-electron chi connectivity index (χ1n) is 8.70. The van der Waals surface area contributed by atoms with Crippen LogP contribution in [-0.2, 0) is 0 Å². The zero-order chi connectivity index (χ0) is 20.8. The van der Waals surface area contributed by atoms with Gasteiger partial charge in [-0.2, -0.15) is 5.10 Å². The molecule has 7 heteroatoms. The highest BCUT2D eigenvalue weighted by atomic mass is 19.1. The molecule has 2 N–H and O–H groups in total. The van der Waals surface area contributed by atoms with Gasteiger partial charge in [-0.3, -0.25) is 9.59 Å². The second-order valence-corrected chi connectivity index (χ2v) is 6.19. The lowest BCUT2D eigenvalue weighted by molar-refractivity contribution is 0.0953. The highest BCUT2D eigenvalue weighted by molar-refractivity contribution is 6.06. The van der Waals surface area contributed by atoms with E-state index >= 15 is 0 Å². The maximum atomic E-state index is 13.3. The van der Waals surface area contributed by atoms with Crippen molar-refractivity contribution >= 4 is 23.2 Å². The number of carbonyl (C=O) groups excluding carboxylic acids is 2. The second-order valence-electron chi connectivity index (χ2n) is 6.19. The Morgan fingerprint density at radius 2 is 1.31 bits per heavy atom. The fraction of sp³-hybridized carbons (Fsp3) is 0.0455. The number of nitrogens with one attached hydrogen (secondary N) is 2. The number of carbonyl (C=O) groups is 2. The standard InChI is InChI=1S/C22H17F2N3O2/c1-14(26-27-22(29)17-7-3-9-19(24)12-17)15-5-4-10-20(13-15)25-21(28)16-6-2-8-18(23)11-16/h2-13H,1H3,(H,25,28)(H,27,29)/b26-14-. The Hall–Kier alpha value is -3.87. The summed E-state index contributed by atoms with van der Waals surface area (Å²) in [6.45, 7) is 1.68. The van der Waals surface area contributed by atoms with E-state index in [1.54, 1.807) is 31.2 Å². The normalized spacial score (nSPS) is 11.1. The van der Waals surface area contributed by atoms with Gasteiger partial charge in [-0.15, -0.1) is 0 Å². The number of hydrogen-bond donors (Lipinski definition) is 2. The van der Waals surface area contributed by atoms with Crippen LogP contribution in [0.25, 0.3) is 0 Å². The monoisotopic (exact) mass is 393 g/mol. The van der Waals surface area contributed by atoms with Crippen LogP contribution in [0, 0.1) is 11.6 Å². The molecule has 0 atom stereocenters. The minimum Gasteiger partial charge on any atom is -0.322 e. The molecule has 3 aromatic rings. The van der Waals surface area contributed by atoms with Gasteiger partial charge in [0, 0.05) is 16.8 Å². The Kier molecular flexibility index (Phi) is 6.09. The molecule has 0 spiro atoms. The molecule has 0 bridgehead atoms. The number of halogens is 2. The number of amides is 2. The third-order valence-corrected chi connectivity index (χ3v) is 4.04. The smallest absolute Gasteiger partial charge is 0.271 e. The summed E-state index contributed by atoms with van der Waals surface area (Å²) in [5, 5.41) is 6.71. The summed E-state index contributed by atoms with van der Waals surface area (Å²) >= 11 is 0. The SMILES string of the molecule is C/C(=N/NC(=O)c1cccc(F)c1)c1cccc(NC(=O)c2cccc(F)c2)c1. The van der Waals surface area contributed by atoms with Crippen LogP contribution in [0.5, 0.6) is 0 Å². The van der Waals surface area contributed by atoms with Gasteiger partial charge in [-0.1, -0.05) is 24.3 Å². The summed E-state index contributed by atoms with van der Waals surface area (Å²) in [6.07, 6.45) is 0. The number of rotatable bonds is 5. The minimum atomic E-state index is -0.542. The van der Waals surface area contributed by atoms with E-state index in [1.165, 1.54) is 36.4 Å². The van der Waals surface area contributed by atoms with E-state index < -0.39 is 23.4 Å². The zero-order valence-electron chi connectivity index (χ0n) is 15.4. The van der Waals surface area contributed by atoms with Crippen LogP contribution in [0.2, 0.25) is 0 Å². The van der Waals surface area contributed by atoms with Crippen molar-refractivity contribution in [3.63, 3.8) is 0 Å². The highest BCUT2D eigenvalue weighted by Gasteiger charge is 2.09. The zero-order valence-corrected chi connectivity index (χ0v) is 15.4. The Bertz CT molecular complexity index is 1100. The predicted molar refractivity (Wildman–Crippen MR) is 107 cm³/mol. The van der Waals surface area contributed by atoms with Crippen LogP contribution in [0.15, 0.2) is 77.9 Å². The lowest BCUT2D eigenvalue weighted by Gasteiger charge is -2.08. The largest absolute Gasteiger partial charge is 0.322 e. The molecule has 3 aromatic carbocycles. The van der Waals surface area contributed by atoms with Gasteiger partial charge in [0.1, 0.15) is 11.6 Å². The average molecular weight is 393 g/mol. The van der Waals surface area contributed by atoms with Crippen LogP contribution < -0.4 is 10.7 Å². The van der Waals surface area contributed by atoms with Gasteiger partial charge in [0.15, 0.2) is 0 Å². The second kappa shape index (κ2) is 8.88. The molecular formula is C22H17F2N3O2. The van der Waals surface area contributed by atoms with E-state index in [0.29, 0.717) is 17.0 Å². The van der Waals surface area contributed by atoms with Crippen molar-refractivity contribution in [2.24, 2.45) is 5.10 Å². The topological polar surface area (TPSA) is 70.6 Å². The van der Waals surface area contributed by atoms with Crippen LogP contribution in [0.3, 0.4) is 0 Å². The van der Waals surface area contributed by atoms with Crippen LogP contribution in [0.1, 0.15) is 33.2 Å². The molecular weight excluding hydrogens is 376 g/mol. The third-order valence-electron chi connectivity index (χ3n) is 4.04. The van der Waals surface area contributed by atoms with E-state index in [2.05, 4.69) is 15.8 Å². The molecule has 146 valence electrons. The lowest BCUT2D eigenvalue weighted by Crippen LogP contribution is -2.19. The van der Waals surface area contributed by atoms with Gasteiger partial charge in [-0.05, 0) is 61.0 Å². The Morgan fingerprint density at radius 1 is 0.759 bits per heavy atom. The first-order chi connectivity index (χ1) is 13.9. The van der Waals surface area contributed by atoms with E-state index in [0.717, 1.165) is 12.1 Å². The molecule has 0 aliphatic carbocycles. The van der Waals surface area contributed by atoms with Crippen molar-refractivity contribution in [3.8, 4) is 0 Å². The number of hydrazone groups is 1. The predicted octanol–water partition coefficient (Wildman–Crippen LogP) is 4.37. The van der Waals surface area contributed by atoms with Crippen molar-refractivity contribution in [2.45, 2.75) is 6.92 Å². The van der Waals surface area contributed by atoms with Gasteiger partial charge < -0.3 is 5.32 Å². The van der Waals surface area contributed by atoms with E-state index in [1.807, 2.05) is 0 Å². The summed E-state index contributed by atoms with van der Waals surface area (Å²) in [6, 6.07) is 17.5. The molecule has 29 heavy (non-hydrogen) atoms. The Morgan fingerprint density at radius 3 is 1.93 bits per heavy atom. The van der Waals surface area contributed by atoms with Crippen molar-refractivity contribution in [1.82, 2.24) is 5.43 Å². The maximum Gasteiger partial charge on any atom is 0.271 e. The van der Waals surface area contributed by atoms with Gasteiger partial charge in [0.25, 0.3) is 11.8 Å². The Balaban J connectivity index is 1.70. The first kappa shape index (κ1) is 19.9. The van der Waals surface area contributed by atoms with Gasteiger partial charge in [0.2, 0.25) is 0 Å². The maximum absolute atomic E-state index is 13.3. The minimum absolute atomic E-state index is 0.151. The molecule has 0 unspecified atom stereocenters. The Labute approximate surface area is 166 Å². The van der Waals surface area contributed by atoms with Crippen LogP contribution >= 0.6 is 0 Å². The fourth-order valence-electron chi connectivity index (χ4n) is 2.55. The summed E-state index contributed by atoms with van der Waals surface area (Å²) in [5.41, 5.74) is 4.34. The van der Waals surface area contributed by atoms with Crippen molar-refractivity contribution in [3.05, 3.63) is 101 Å². The van der Waals surface area contributed by atoms with Gasteiger partial charge in [0.05, 0.1) is 5.71 Å². The molecule has 0 heterocycles. The van der Waals surface area contributed by atoms with E-state index in [4.69, 9.17) is 0 Å². The highest BCUT2D eigenvalue weighted by Crippen LogP contribution is 2.14. The molecule has 0 aromatic heterocycles. The van der Waals surface area contributed by atoms with Crippen molar-refractivity contribution in [1.29, 1.82) is 0 Å². The van der Waals surface area contributed by atoms with Crippen LogP contribution in [0.4, 0.5) is 14.5 Å². The summed E-state index contributed by atoms with van der Waals surface area (Å²) in [7, 11) is 0. The van der Waals surface area contributed by atoms with Crippen molar-refractivity contribution in [2.75, 3.05) is 5.32 Å². The van der Waals surface area contributed by atoms with Crippen LogP contribution in [-0.4, -0.2) is 17.5 Å². The van der Waals surface area contributed by atoms with Crippen molar-refractivity contribution < 1.29 is 18.4 Å². The van der Waals surface area contributed by atoms with E-state index in [-0.39, 0.29) is 11.1 Å². The number of benzene rings is 3. The molecule has 0 fully saturated rings. The number of hydrogen-bond acceptors (Lipinski definition) is 3. The van der Waals surface area contributed by atoms with Gasteiger partial charge >= 0.3 is 0 Å². The summed E-state index contributed by atoms with van der Waals surface area (Å²) in [5.74, 6) is -2.00. The third kappa shape index (κ3) is 5.32. The molecule has 0 saturated heterocycles. The molecule has 5 nitrogen and oxygen atoms in total. The molecule has 2 amide bonds.